The number of nitrogens with zero attached hydrogens (tertiary/aromatic N) is 1. The zero-order valence-corrected chi connectivity index (χ0v) is 13.3. The number of rotatable bonds is 7. The molecule has 19 heavy (non-hydrogen) atoms. The van der Waals surface area contributed by atoms with Crippen LogP contribution in [0.5, 0.6) is 0 Å². The summed E-state index contributed by atoms with van der Waals surface area (Å²) in [5, 5.41) is 0. The fraction of sp³-hybridized carbons (Fsp3) is 1.00. The topological polar surface area (TPSA) is 75.4 Å². The van der Waals surface area contributed by atoms with Gasteiger partial charge in [-0.2, -0.15) is 12.7 Å². The van der Waals surface area contributed by atoms with Gasteiger partial charge in [-0.3, -0.25) is 0 Å². The van der Waals surface area contributed by atoms with Crippen molar-refractivity contribution < 1.29 is 8.42 Å². The van der Waals surface area contributed by atoms with Crippen molar-refractivity contribution in [3.63, 3.8) is 0 Å². The molecule has 1 fully saturated rings. The first kappa shape index (κ1) is 16.9. The number of nitrogens with two attached hydrogens (primary N) is 1. The molecule has 114 valence electrons. The summed E-state index contributed by atoms with van der Waals surface area (Å²) in [6.07, 6.45) is 3.67. The Balaban J connectivity index is 2.60. The summed E-state index contributed by atoms with van der Waals surface area (Å²) in [6, 6.07) is 0. The van der Waals surface area contributed by atoms with Gasteiger partial charge in [0.25, 0.3) is 10.2 Å². The maximum atomic E-state index is 12.3. The third-order valence-electron chi connectivity index (χ3n) is 4.65. The van der Waals surface area contributed by atoms with Gasteiger partial charge in [0.05, 0.1) is 0 Å². The standard InChI is InChI=1S/C13H29N3O2S/c1-4-13(5-2,10-14)11-15-19(17,18)16-8-6-12(3)7-9-16/h12,15H,4-11,14H2,1-3H3. The Bertz CT molecular complexity index is 350. The van der Waals surface area contributed by atoms with Crippen LogP contribution in [0.15, 0.2) is 0 Å². The van der Waals surface area contributed by atoms with Crippen molar-refractivity contribution >= 4 is 10.2 Å². The molecular formula is C13H29N3O2S. The number of nitrogens with one attached hydrogen (secondary N) is 1. The highest BCUT2D eigenvalue weighted by Gasteiger charge is 2.30. The van der Waals surface area contributed by atoms with E-state index in [1.54, 1.807) is 4.31 Å². The quantitative estimate of drug-likeness (QED) is 0.743. The average molecular weight is 291 g/mol. The SMILES string of the molecule is CCC(CC)(CN)CNS(=O)(=O)N1CCC(C)CC1. The lowest BCUT2D eigenvalue weighted by molar-refractivity contribution is 0.260. The summed E-state index contributed by atoms with van der Waals surface area (Å²) < 4.78 is 28.8. The van der Waals surface area contributed by atoms with Crippen LogP contribution >= 0.6 is 0 Å². The van der Waals surface area contributed by atoms with Crippen LogP contribution in [0.25, 0.3) is 0 Å². The smallest absolute Gasteiger partial charge is 0.279 e. The van der Waals surface area contributed by atoms with Crippen LogP contribution in [0.1, 0.15) is 46.5 Å². The Hall–Kier alpha value is -0.170. The van der Waals surface area contributed by atoms with E-state index < -0.39 is 10.2 Å². The van der Waals surface area contributed by atoms with E-state index in [0.29, 0.717) is 32.1 Å². The van der Waals surface area contributed by atoms with Crippen LogP contribution in [-0.2, 0) is 10.2 Å². The molecule has 0 aliphatic carbocycles. The summed E-state index contributed by atoms with van der Waals surface area (Å²) >= 11 is 0. The molecule has 0 aromatic rings. The van der Waals surface area contributed by atoms with Gasteiger partial charge in [-0.1, -0.05) is 20.8 Å². The molecule has 1 heterocycles. The molecule has 1 saturated heterocycles. The van der Waals surface area contributed by atoms with E-state index in [2.05, 4.69) is 25.5 Å². The highest BCUT2D eigenvalue weighted by atomic mass is 32.2. The Morgan fingerprint density at radius 3 is 2.21 bits per heavy atom. The predicted octanol–water partition coefficient (Wildman–Crippen LogP) is 1.32. The molecule has 1 aliphatic rings. The summed E-state index contributed by atoms with van der Waals surface area (Å²) in [5.74, 6) is 0.626. The van der Waals surface area contributed by atoms with Gasteiger partial charge >= 0.3 is 0 Å². The second kappa shape index (κ2) is 7.02. The molecule has 0 aromatic heterocycles. The lowest BCUT2D eigenvalue weighted by Gasteiger charge is -2.33. The highest BCUT2D eigenvalue weighted by molar-refractivity contribution is 7.87. The maximum Gasteiger partial charge on any atom is 0.279 e. The number of hydrogen-bond donors (Lipinski definition) is 2. The van der Waals surface area contributed by atoms with Crippen molar-refractivity contribution in [3.8, 4) is 0 Å². The molecule has 1 aliphatic heterocycles. The van der Waals surface area contributed by atoms with E-state index in [4.69, 9.17) is 5.73 Å². The molecule has 0 atom stereocenters. The van der Waals surface area contributed by atoms with Crippen LogP contribution in [0.2, 0.25) is 0 Å². The molecule has 5 nitrogen and oxygen atoms in total. The van der Waals surface area contributed by atoms with E-state index in [-0.39, 0.29) is 5.41 Å². The van der Waals surface area contributed by atoms with Crippen molar-refractivity contribution in [2.75, 3.05) is 26.2 Å². The molecule has 0 bridgehead atoms. The highest BCUT2D eigenvalue weighted by Crippen LogP contribution is 2.24. The van der Waals surface area contributed by atoms with Crippen molar-refractivity contribution in [3.05, 3.63) is 0 Å². The second-order valence-corrected chi connectivity index (χ2v) is 7.57. The molecule has 0 aromatic carbocycles. The van der Waals surface area contributed by atoms with Crippen LogP contribution < -0.4 is 10.5 Å². The van der Waals surface area contributed by atoms with E-state index in [1.165, 1.54) is 0 Å². The van der Waals surface area contributed by atoms with Gasteiger partial charge in [0.2, 0.25) is 0 Å². The normalized spacial score (nSPS) is 19.8. The van der Waals surface area contributed by atoms with Crippen molar-refractivity contribution in [1.29, 1.82) is 0 Å². The zero-order valence-electron chi connectivity index (χ0n) is 12.5. The molecule has 0 unspecified atom stereocenters. The lowest BCUT2D eigenvalue weighted by Crippen LogP contribution is -2.49. The van der Waals surface area contributed by atoms with Crippen LogP contribution in [0, 0.1) is 11.3 Å². The first-order chi connectivity index (χ1) is 8.89. The monoisotopic (exact) mass is 291 g/mol. The molecule has 0 amide bonds. The van der Waals surface area contributed by atoms with Gasteiger partial charge in [0.15, 0.2) is 0 Å². The maximum absolute atomic E-state index is 12.3. The van der Waals surface area contributed by atoms with Crippen molar-refractivity contribution in [2.24, 2.45) is 17.1 Å². The van der Waals surface area contributed by atoms with Gasteiger partial charge in [0, 0.05) is 19.6 Å². The Morgan fingerprint density at radius 1 is 1.26 bits per heavy atom. The molecule has 0 spiro atoms. The Kier molecular flexibility index (Phi) is 6.23. The van der Waals surface area contributed by atoms with Gasteiger partial charge in [-0.25, -0.2) is 4.72 Å². The minimum atomic E-state index is -3.34. The molecule has 0 saturated carbocycles. The first-order valence-corrected chi connectivity index (χ1v) is 8.78. The minimum Gasteiger partial charge on any atom is -0.330 e. The average Bonchev–Trinajstić information content (AvgIpc) is 2.41. The van der Waals surface area contributed by atoms with Gasteiger partial charge in [-0.05, 0) is 43.6 Å². The van der Waals surface area contributed by atoms with E-state index in [0.717, 1.165) is 25.7 Å². The summed E-state index contributed by atoms with van der Waals surface area (Å²) in [6.45, 7) is 8.50. The van der Waals surface area contributed by atoms with E-state index in [9.17, 15) is 8.42 Å². The summed E-state index contributed by atoms with van der Waals surface area (Å²) in [5.41, 5.74) is 5.69. The molecule has 1 rings (SSSR count). The number of piperidine rings is 1. The fourth-order valence-electron chi connectivity index (χ4n) is 2.42. The Morgan fingerprint density at radius 2 is 1.79 bits per heavy atom. The largest absolute Gasteiger partial charge is 0.330 e. The first-order valence-electron chi connectivity index (χ1n) is 7.34. The molecule has 3 N–H and O–H groups in total. The van der Waals surface area contributed by atoms with Gasteiger partial charge < -0.3 is 5.73 Å². The second-order valence-electron chi connectivity index (χ2n) is 5.82. The fourth-order valence-corrected chi connectivity index (χ4v) is 3.78. The van der Waals surface area contributed by atoms with Crippen LogP contribution in [-0.4, -0.2) is 38.9 Å². The third kappa shape index (κ3) is 4.41. The zero-order chi connectivity index (χ0) is 14.5. The molecular weight excluding hydrogens is 262 g/mol. The third-order valence-corrected chi connectivity index (χ3v) is 6.20. The minimum absolute atomic E-state index is 0.115. The summed E-state index contributed by atoms with van der Waals surface area (Å²) in [7, 11) is -3.34. The summed E-state index contributed by atoms with van der Waals surface area (Å²) in [4.78, 5) is 0. The molecule has 0 radical (unpaired) electrons. The van der Waals surface area contributed by atoms with Crippen molar-refractivity contribution in [1.82, 2.24) is 9.03 Å². The van der Waals surface area contributed by atoms with Crippen LogP contribution in [0.3, 0.4) is 0 Å². The molecule has 6 heteroatoms. The van der Waals surface area contributed by atoms with Gasteiger partial charge in [-0.15, -0.1) is 0 Å². The lowest BCUT2D eigenvalue weighted by atomic mass is 9.83. The number of hydrogen-bond acceptors (Lipinski definition) is 3. The van der Waals surface area contributed by atoms with Crippen molar-refractivity contribution in [2.45, 2.75) is 46.5 Å². The van der Waals surface area contributed by atoms with Crippen LogP contribution in [0.4, 0.5) is 0 Å². The Labute approximate surface area is 118 Å². The van der Waals surface area contributed by atoms with Gasteiger partial charge in [0.1, 0.15) is 0 Å². The van der Waals surface area contributed by atoms with E-state index >= 15 is 0 Å². The predicted molar refractivity (Wildman–Crippen MR) is 79.0 cm³/mol. The van der Waals surface area contributed by atoms with E-state index in [1.807, 2.05) is 0 Å².